The van der Waals surface area contributed by atoms with E-state index in [-0.39, 0.29) is 10.7 Å². The van der Waals surface area contributed by atoms with Crippen LogP contribution >= 0.6 is 11.8 Å². The minimum Gasteiger partial charge on any atom is -0.328 e. The van der Waals surface area contributed by atoms with Crippen LogP contribution in [0.25, 0.3) is 0 Å². The second-order valence-electron chi connectivity index (χ2n) is 2.49. The zero-order valence-electron chi connectivity index (χ0n) is 7.66. The highest BCUT2D eigenvalue weighted by molar-refractivity contribution is 8.13. The third-order valence-corrected chi connectivity index (χ3v) is 2.08. The summed E-state index contributed by atoms with van der Waals surface area (Å²) in [6.07, 6.45) is 1.55. The second kappa shape index (κ2) is 5.30. The fourth-order valence-electron chi connectivity index (χ4n) is 0.789. The maximum Gasteiger partial charge on any atom is 0.263 e. The van der Waals surface area contributed by atoms with Crippen LogP contribution in [0.4, 0.5) is 0 Å². The SMILES string of the molecule is CC(=O)SCC#Cc1ccc[nH]c1=O. The van der Waals surface area contributed by atoms with E-state index in [4.69, 9.17) is 0 Å². The molecule has 0 aliphatic carbocycles. The van der Waals surface area contributed by atoms with E-state index in [9.17, 15) is 9.59 Å². The molecule has 0 bridgehead atoms. The molecule has 1 heterocycles. The third kappa shape index (κ3) is 3.50. The van der Waals surface area contributed by atoms with Gasteiger partial charge in [-0.25, -0.2) is 0 Å². The van der Waals surface area contributed by atoms with Gasteiger partial charge in [-0.1, -0.05) is 23.6 Å². The summed E-state index contributed by atoms with van der Waals surface area (Å²) in [6.45, 7) is 1.49. The first kappa shape index (κ1) is 10.6. The van der Waals surface area contributed by atoms with E-state index >= 15 is 0 Å². The molecule has 0 saturated carbocycles. The Morgan fingerprint density at radius 3 is 3.07 bits per heavy atom. The first-order valence-electron chi connectivity index (χ1n) is 4.00. The predicted octanol–water partition coefficient (Wildman–Crippen LogP) is 1.01. The molecule has 0 amide bonds. The summed E-state index contributed by atoms with van der Waals surface area (Å²) in [7, 11) is 0. The number of aromatic amines is 1. The van der Waals surface area contributed by atoms with Crippen LogP contribution in [0.15, 0.2) is 23.1 Å². The minimum atomic E-state index is -0.201. The summed E-state index contributed by atoms with van der Waals surface area (Å²) in [5, 5.41) is 0.0290. The van der Waals surface area contributed by atoms with E-state index in [0.717, 1.165) is 11.8 Å². The number of hydrogen-bond acceptors (Lipinski definition) is 3. The number of carbonyl (C=O) groups is 1. The molecule has 0 spiro atoms. The Labute approximate surface area is 85.9 Å². The zero-order chi connectivity index (χ0) is 10.4. The average molecular weight is 207 g/mol. The maximum absolute atomic E-state index is 11.1. The highest BCUT2D eigenvalue weighted by Crippen LogP contribution is 1.98. The molecule has 3 nitrogen and oxygen atoms in total. The number of hydrogen-bond donors (Lipinski definition) is 1. The van der Waals surface area contributed by atoms with Gasteiger partial charge in [-0.3, -0.25) is 9.59 Å². The van der Waals surface area contributed by atoms with Crippen molar-refractivity contribution in [1.29, 1.82) is 0 Å². The van der Waals surface area contributed by atoms with E-state index < -0.39 is 0 Å². The highest BCUT2D eigenvalue weighted by Gasteiger charge is 1.92. The van der Waals surface area contributed by atoms with Crippen molar-refractivity contribution in [1.82, 2.24) is 4.98 Å². The highest BCUT2D eigenvalue weighted by atomic mass is 32.2. The molecule has 0 radical (unpaired) electrons. The van der Waals surface area contributed by atoms with Crippen molar-refractivity contribution < 1.29 is 4.79 Å². The summed E-state index contributed by atoms with van der Waals surface area (Å²) >= 11 is 1.13. The molecule has 14 heavy (non-hydrogen) atoms. The van der Waals surface area contributed by atoms with Crippen LogP contribution in [0.3, 0.4) is 0 Å². The molecule has 72 valence electrons. The van der Waals surface area contributed by atoms with Crippen molar-refractivity contribution in [3.8, 4) is 11.8 Å². The van der Waals surface area contributed by atoms with Gasteiger partial charge in [-0.2, -0.15) is 0 Å². The van der Waals surface area contributed by atoms with Gasteiger partial charge in [0.1, 0.15) is 0 Å². The lowest BCUT2D eigenvalue weighted by molar-refractivity contribution is -0.109. The van der Waals surface area contributed by atoms with Gasteiger partial charge in [0.05, 0.1) is 11.3 Å². The van der Waals surface area contributed by atoms with Crippen LogP contribution < -0.4 is 5.56 Å². The lowest BCUT2D eigenvalue weighted by atomic mass is 10.3. The van der Waals surface area contributed by atoms with Crippen molar-refractivity contribution in [3.63, 3.8) is 0 Å². The largest absolute Gasteiger partial charge is 0.328 e. The molecule has 0 aliphatic rings. The number of carbonyl (C=O) groups excluding carboxylic acids is 1. The van der Waals surface area contributed by atoms with Gasteiger partial charge in [-0.15, -0.1) is 0 Å². The number of nitrogens with one attached hydrogen (secondary N) is 1. The summed E-state index contributed by atoms with van der Waals surface area (Å²) in [6, 6.07) is 3.35. The monoisotopic (exact) mass is 207 g/mol. The van der Waals surface area contributed by atoms with Gasteiger partial charge in [0.2, 0.25) is 0 Å². The topological polar surface area (TPSA) is 49.9 Å². The van der Waals surface area contributed by atoms with Gasteiger partial charge >= 0.3 is 0 Å². The Morgan fingerprint density at radius 1 is 1.64 bits per heavy atom. The quantitative estimate of drug-likeness (QED) is 0.699. The summed E-state index contributed by atoms with van der Waals surface area (Å²) < 4.78 is 0. The van der Waals surface area contributed by atoms with Crippen LogP contribution in [0.1, 0.15) is 12.5 Å². The minimum absolute atomic E-state index is 0.0290. The molecular weight excluding hydrogens is 198 g/mol. The molecule has 1 rings (SSSR count). The van der Waals surface area contributed by atoms with Crippen molar-refractivity contribution in [3.05, 3.63) is 34.2 Å². The second-order valence-corrected chi connectivity index (χ2v) is 3.65. The Bertz CT molecular complexity index is 439. The summed E-state index contributed by atoms with van der Waals surface area (Å²) in [4.78, 5) is 24.2. The van der Waals surface area contributed by atoms with Gasteiger partial charge in [0, 0.05) is 13.1 Å². The lowest BCUT2D eigenvalue weighted by Gasteiger charge is -1.87. The number of aromatic nitrogens is 1. The zero-order valence-corrected chi connectivity index (χ0v) is 8.48. The van der Waals surface area contributed by atoms with Gasteiger partial charge in [0.15, 0.2) is 5.12 Å². The molecule has 0 fully saturated rings. The van der Waals surface area contributed by atoms with Crippen molar-refractivity contribution >= 4 is 16.9 Å². The molecule has 0 aromatic carbocycles. The first-order valence-corrected chi connectivity index (χ1v) is 4.98. The molecule has 0 atom stereocenters. The number of rotatable bonds is 1. The molecular formula is C10H9NO2S. The molecule has 0 aliphatic heterocycles. The fourth-order valence-corrected chi connectivity index (χ4v) is 1.14. The van der Waals surface area contributed by atoms with Crippen LogP contribution in [0.5, 0.6) is 0 Å². The van der Waals surface area contributed by atoms with Gasteiger partial charge in [-0.05, 0) is 12.1 Å². The molecule has 0 unspecified atom stereocenters. The Morgan fingerprint density at radius 2 is 2.43 bits per heavy atom. The fraction of sp³-hybridized carbons (Fsp3) is 0.200. The summed E-state index contributed by atoms with van der Waals surface area (Å²) in [5.41, 5.74) is 0.226. The van der Waals surface area contributed by atoms with E-state index in [1.165, 1.54) is 6.92 Å². The Kier molecular flexibility index (Phi) is 4.02. The lowest BCUT2D eigenvalue weighted by Crippen LogP contribution is -2.07. The van der Waals surface area contributed by atoms with Crippen LogP contribution in [-0.4, -0.2) is 15.9 Å². The predicted molar refractivity (Wildman–Crippen MR) is 57.1 cm³/mol. The number of thioether (sulfide) groups is 1. The summed E-state index contributed by atoms with van der Waals surface area (Å²) in [5.74, 6) is 5.87. The Hall–Kier alpha value is -1.47. The van der Waals surface area contributed by atoms with E-state index in [2.05, 4.69) is 16.8 Å². The normalized spacial score (nSPS) is 8.93. The van der Waals surface area contributed by atoms with Crippen LogP contribution in [0, 0.1) is 11.8 Å². The molecule has 1 N–H and O–H groups in total. The van der Waals surface area contributed by atoms with Crippen molar-refractivity contribution in [2.75, 3.05) is 5.75 Å². The Balaban J connectivity index is 2.64. The van der Waals surface area contributed by atoms with Crippen molar-refractivity contribution in [2.45, 2.75) is 6.92 Å². The average Bonchev–Trinajstić information content (AvgIpc) is 2.15. The van der Waals surface area contributed by atoms with E-state index in [1.54, 1.807) is 18.3 Å². The van der Waals surface area contributed by atoms with Crippen molar-refractivity contribution in [2.24, 2.45) is 0 Å². The van der Waals surface area contributed by atoms with Crippen LogP contribution in [0.2, 0.25) is 0 Å². The maximum atomic E-state index is 11.1. The molecule has 4 heteroatoms. The molecule has 0 saturated heterocycles. The van der Waals surface area contributed by atoms with Crippen LogP contribution in [-0.2, 0) is 4.79 Å². The number of pyridine rings is 1. The molecule has 1 aromatic heterocycles. The smallest absolute Gasteiger partial charge is 0.263 e. The number of H-pyrrole nitrogens is 1. The van der Waals surface area contributed by atoms with E-state index in [0.29, 0.717) is 11.3 Å². The van der Waals surface area contributed by atoms with Gasteiger partial charge in [0.25, 0.3) is 5.56 Å². The molecule has 1 aromatic rings. The van der Waals surface area contributed by atoms with E-state index in [1.807, 2.05) is 0 Å². The first-order chi connectivity index (χ1) is 6.70. The van der Waals surface area contributed by atoms with Gasteiger partial charge < -0.3 is 4.98 Å². The standard InChI is InChI=1S/C10H9NO2S/c1-8(12)14-7-3-5-9-4-2-6-11-10(9)13/h2,4,6H,7H2,1H3,(H,11,13). The third-order valence-electron chi connectivity index (χ3n) is 1.39.